The van der Waals surface area contributed by atoms with E-state index in [1.165, 1.54) is 17.8 Å². The lowest BCUT2D eigenvalue weighted by atomic mass is 10.4. The molecule has 20 heavy (non-hydrogen) atoms. The zero-order valence-corrected chi connectivity index (χ0v) is 11.6. The molecule has 0 fully saturated rings. The highest BCUT2D eigenvalue weighted by molar-refractivity contribution is 7.98. The molecule has 2 aromatic rings. The van der Waals surface area contributed by atoms with Crippen LogP contribution < -0.4 is 17.0 Å². The standard InChI is InChI=1S/C10H14N6O3S/c1-2-3-16-9(18)13-14-10(16)20-5-6-4-7(15-19-6)8(17)12-11/h4H,2-3,5,11H2,1H3,(H,12,17)(H,13,18). The summed E-state index contributed by atoms with van der Waals surface area (Å²) in [6.45, 7) is 2.57. The Labute approximate surface area is 117 Å². The van der Waals surface area contributed by atoms with Crippen molar-refractivity contribution >= 4 is 17.7 Å². The van der Waals surface area contributed by atoms with Crippen molar-refractivity contribution in [2.45, 2.75) is 30.8 Å². The zero-order valence-electron chi connectivity index (χ0n) is 10.8. The first kappa shape index (κ1) is 14.3. The van der Waals surface area contributed by atoms with E-state index >= 15 is 0 Å². The summed E-state index contributed by atoms with van der Waals surface area (Å²) in [5.41, 5.74) is 1.83. The molecule has 0 aliphatic rings. The Kier molecular flexibility index (Phi) is 4.58. The van der Waals surface area contributed by atoms with E-state index in [9.17, 15) is 9.59 Å². The Bertz CT molecular complexity index is 645. The molecule has 10 heteroatoms. The molecule has 0 saturated heterocycles. The molecular formula is C10H14N6O3S. The Morgan fingerprint density at radius 2 is 2.45 bits per heavy atom. The van der Waals surface area contributed by atoms with Gasteiger partial charge >= 0.3 is 5.69 Å². The van der Waals surface area contributed by atoms with E-state index in [1.54, 1.807) is 4.57 Å². The van der Waals surface area contributed by atoms with Gasteiger partial charge in [-0.3, -0.25) is 14.8 Å². The van der Waals surface area contributed by atoms with Gasteiger partial charge in [0.2, 0.25) is 0 Å². The molecular weight excluding hydrogens is 284 g/mol. The number of carbonyl (C=O) groups is 1. The second-order valence-corrected chi connectivity index (χ2v) is 4.85. The molecule has 1 amide bonds. The number of H-pyrrole nitrogens is 1. The normalized spacial score (nSPS) is 10.7. The van der Waals surface area contributed by atoms with Crippen LogP contribution >= 0.6 is 11.8 Å². The predicted molar refractivity (Wildman–Crippen MR) is 70.9 cm³/mol. The molecule has 9 nitrogen and oxygen atoms in total. The number of carbonyl (C=O) groups excluding carboxylic acids is 1. The first-order chi connectivity index (χ1) is 9.65. The molecule has 0 saturated carbocycles. The van der Waals surface area contributed by atoms with Gasteiger partial charge in [0.05, 0.1) is 5.75 Å². The molecule has 0 unspecified atom stereocenters. The number of hydrogen-bond donors (Lipinski definition) is 3. The Morgan fingerprint density at radius 1 is 1.65 bits per heavy atom. The van der Waals surface area contributed by atoms with Gasteiger partial charge in [-0.15, -0.1) is 5.10 Å². The highest BCUT2D eigenvalue weighted by atomic mass is 32.2. The van der Waals surface area contributed by atoms with E-state index < -0.39 is 5.91 Å². The smallest absolute Gasteiger partial charge is 0.343 e. The van der Waals surface area contributed by atoms with E-state index in [1.807, 2.05) is 12.3 Å². The minimum atomic E-state index is -0.521. The highest BCUT2D eigenvalue weighted by Gasteiger charge is 2.13. The fourth-order valence-electron chi connectivity index (χ4n) is 1.53. The predicted octanol–water partition coefficient (Wildman–Crippen LogP) is -0.135. The van der Waals surface area contributed by atoms with Crippen molar-refractivity contribution in [2.75, 3.05) is 0 Å². The van der Waals surface area contributed by atoms with Gasteiger partial charge in [0.25, 0.3) is 5.91 Å². The largest absolute Gasteiger partial charge is 0.360 e. The maximum atomic E-state index is 11.5. The number of aromatic nitrogens is 4. The average Bonchev–Trinajstić information content (AvgIpc) is 3.05. The average molecular weight is 298 g/mol. The van der Waals surface area contributed by atoms with Crippen LogP contribution in [0.3, 0.4) is 0 Å². The minimum Gasteiger partial charge on any atom is -0.360 e. The minimum absolute atomic E-state index is 0.107. The number of rotatable bonds is 6. The number of nitrogens with two attached hydrogens (primary N) is 1. The van der Waals surface area contributed by atoms with Gasteiger partial charge in [0, 0.05) is 12.6 Å². The number of thioether (sulfide) groups is 1. The number of amides is 1. The van der Waals surface area contributed by atoms with Crippen LogP contribution in [-0.2, 0) is 12.3 Å². The Morgan fingerprint density at radius 3 is 3.15 bits per heavy atom. The molecule has 2 heterocycles. The Balaban J connectivity index is 2.03. The first-order valence-electron chi connectivity index (χ1n) is 5.90. The third kappa shape index (κ3) is 3.08. The maximum absolute atomic E-state index is 11.5. The maximum Gasteiger partial charge on any atom is 0.343 e. The van der Waals surface area contributed by atoms with Crippen molar-refractivity contribution in [1.29, 1.82) is 0 Å². The second-order valence-electron chi connectivity index (χ2n) is 3.90. The summed E-state index contributed by atoms with van der Waals surface area (Å²) in [6, 6.07) is 1.49. The molecule has 0 aliphatic carbocycles. The van der Waals surface area contributed by atoms with Crippen molar-refractivity contribution in [1.82, 2.24) is 25.3 Å². The summed E-state index contributed by atoms with van der Waals surface area (Å²) in [4.78, 5) is 22.7. The van der Waals surface area contributed by atoms with Crippen LogP contribution in [0.4, 0.5) is 0 Å². The molecule has 2 aromatic heterocycles. The van der Waals surface area contributed by atoms with Crippen LogP contribution in [-0.4, -0.2) is 25.8 Å². The van der Waals surface area contributed by atoms with E-state index in [0.717, 1.165) is 6.42 Å². The fraction of sp³-hybridized carbons (Fsp3) is 0.400. The highest BCUT2D eigenvalue weighted by Crippen LogP contribution is 2.20. The fourth-order valence-corrected chi connectivity index (χ4v) is 2.38. The molecule has 0 aliphatic heterocycles. The zero-order chi connectivity index (χ0) is 14.5. The van der Waals surface area contributed by atoms with Gasteiger partial charge in [-0.25, -0.2) is 15.7 Å². The van der Waals surface area contributed by atoms with Crippen LogP contribution in [0.1, 0.15) is 29.6 Å². The first-order valence-corrected chi connectivity index (χ1v) is 6.88. The van der Waals surface area contributed by atoms with Crippen molar-refractivity contribution in [3.63, 3.8) is 0 Å². The monoisotopic (exact) mass is 298 g/mol. The van der Waals surface area contributed by atoms with E-state index in [2.05, 4.69) is 15.4 Å². The van der Waals surface area contributed by atoms with Crippen molar-refractivity contribution in [3.8, 4) is 0 Å². The number of nitrogen functional groups attached to an aromatic ring is 1. The van der Waals surface area contributed by atoms with Gasteiger partial charge in [-0.05, 0) is 6.42 Å². The third-order valence-corrected chi connectivity index (χ3v) is 3.44. The lowest BCUT2D eigenvalue weighted by Gasteiger charge is -2.01. The number of aromatic amines is 1. The quantitative estimate of drug-likeness (QED) is 0.293. The van der Waals surface area contributed by atoms with Gasteiger partial charge < -0.3 is 4.52 Å². The molecule has 0 radical (unpaired) electrons. The molecule has 108 valence electrons. The topological polar surface area (TPSA) is 132 Å². The SMILES string of the molecule is CCCn1c(SCc2cc(C(=O)NN)no2)n[nH]c1=O. The van der Waals surface area contributed by atoms with Crippen LogP contribution in [0.25, 0.3) is 0 Å². The van der Waals surface area contributed by atoms with Gasteiger partial charge in [0.1, 0.15) is 5.76 Å². The number of hydrazine groups is 1. The van der Waals surface area contributed by atoms with Crippen molar-refractivity contribution in [3.05, 3.63) is 28.0 Å². The van der Waals surface area contributed by atoms with E-state index in [4.69, 9.17) is 10.4 Å². The number of nitrogens with one attached hydrogen (secondary N) is 2. The summed E-state index contributed by atoms with van der Waals surface area (Å²) >= 11 is 1.32. The lowest BCUT2D eigenvalue weighted by Crippen LogP contribution is -2.30. The second kappa shape index (κ2) is 6.39. The molecule has 0 bridgehead atoms. The molecule has 0 aromatic carbocycles. The summed E-state index contributed by atoms with van der Waals surface area (Å²) in [6.07, 6.45) is 0.829. The Hall–Kier alpha value is -2.07. The third-order valence-electron chi connectivity index (χ3n) is 2.44. The van der Waals surface area contributed by atoms with Crippen LogP contribution in [0.5, 0.6) is 0 Å². The molecule has 0 spiro atoms. The summed E-state index contributed by atoms with van der Waals surface area (Å²) in [7, 11) is 0. The summed E-state index contributed by atoms with van der Waals surface area (Å²) < 4.78 is 6.55. The van der Waals surface area contributed by atoms with E-state index in [0.29, 0.717) is 23.2 Å². The van der Waals surface area contributed by atoms with Gasteiger partial charge in [-0.2, -0.15) is 0 Å². The number of hydrogen-bond acceptors (Lipinski definition) is 7. The number of nitrogens with zero attached hydrogens (tertiary/aromatic N) is 3. The lowest BCUT2D eigenvalue weighted by molar-refractivity contribution is 0.0944. The molecule has 0 atom stereocenters. The van der Waals surface area contributed by atoms with Crippen molar-refractivity contribution in [2.24, 2.45) is 5.84 Å². The van der Waals surface area contributed by atoms with Crippen LogP contribution in [0, 0.1) is 0 Å². The summed E-state index contributed by atoms with van der Waals surface area (Å²) in [5.74, 6) is 5.37. The summed E-state index contributed by atoms with van der Waals surface area (Å²) in [5, 5.41) is 10.5. The van der Waals surface area contributed by atoms with E-state index in [-0.39, 0.29) is 11.4 Å². The van der Waals surface area contributed by atoms with Gasteiger partial charge in [0.15, 0.2) is 10.9 Å². The van der Waals surface area contributed by atoms with Gasteiger partial charge in [-0.1, -0.05) is 23.8 Å². The molecule has 4 N–H and O–H groups in total. The molecule has 2 rings (SSSR count). The van der Waals surface area contributed by atoms with Crippen molar-refractivity contribution < 1.29 is 9.32 Å². The van der Waals surface area contributed by atoms with Crippen LogP contribution in [0.15, 0.2) is 20.5 Å². The van der Waals surface area contributed by atoms with Crippen LogP contribution in [0.2, 0.25) is 0 Å².